The molecule has 0 saturated carbocycles. The van der Waals surface area contributed by atoms with Crippen LogP contribution in [0.2, 0.25) is 0 Å². The molecule has 1 aliphatic rings. The van der Waals surface area contributed by atoms with Gasteiger partial charge in [-0.2, -0.15) is 0 Å². The number of hydrogen-bond acceptors (Lipinski definition) is 3. The van der Waals surface area contributed by atoms with E-state index >= 15 is 0 Å². The van der Waals surface area contributed by atoms with Crippen molar-refractivity contribution in [2.24, 2.45) is 0 Å². The Morgan fingerprint density at radius 1 is 1.60 bits per heavy atom. The smallest absolute Gasteiger partial charge is 0.101 e. The molecule has 1 heterocycles. The molecule has 4 heteroatoms. The van der Waals surface area contributed by atoms with Gasteiger partial charge in [-0.25, -0.2) is 0 Å². The molecule has 62 valence electrons. The van der Waals surface area contributed by atoms with E-state index in [9.17, 15) is 0 Å². The Hall–Kier alpha value is 0.560. The maximum absolute atomic E-state index is 5.23. The van der Waals surface area contributed by atoms with Crippen LogP contribution in [0.5, 0.6) is 0 Å². The third-order valence-electron chi connectivity index (χ3n) is 1.67. The fraction of sp³-hybridized carbons (Fsp3) is 1.00. The van der Waals surface area contributed by atoms with Gasteiger partial charge in [-0.15, -0.1) is 25.0 Å². The van der Waals surface area contributed by atoms with E-state index in [0.717, 1.165) is 19.4 Å². The monoisotopic (exact) mass is 183 g/mol. The first kappa shape index (κ1) is 10.6. The maximum Gasteiger partial charge on any atom is 0.101 e. The Morgan fingerprint density at radius 2 is 2.30 bits per heavy atom. The summed E-state index contributed by atoms with van der Waals surface area (Å²) in [5.74, 6) is 0. The zero-order valence-corrected chi connectivity index (χ0v) is 7.75. The van der Waals surface area contributed by atoms with E-state index in [0.29, 0.717) is 6.04 Å². The largest absolute Gasteiger partial charge is 0.368 e. The van der Waals surface area contributed by atoms with Crippen molar-refractivity contribution in [3.05, 3.63) is 0 Å². The van der Waals surface area contributed by atoms with Crippen molar-refractivity contribution in [2.45, 2.75) is 24.3 Å². The van der Waals surface area contributed by atoms with E-state index < -0.39 is 0 Å². The van der Waals surface area contributed by atoms with E-state index in [1.807, 2.05) is 7.05 Å². The van der Waals surface area contributed by atoms with Gasteiger partial charge in [-0.3, -0.25) is 0 Å². The Bertz CT molecular complexity index is 93.8. The zero-order chi connectivity index (χ0) is 6.69. The summed E-state index contributed by atoms with van der Waals surface area (Å²) in [6.45, 7) is 0.847. The molecule has 0 amide bonds. The molecule has 0 spiro atoms. The average Bonchev–Trinajstić information content (AvgIpc) is 1.88. The van der Waals surface area contributed by atoms with Crippen molar-refractivity contribution in [3.63, 3.8) is 0 Å². The van der Waals surface area contributed by atoms with Crippen molar-refractivity contribution < 1.29 is 4.74 Å². The predicted molar refractivity (Wildman–Crippen MR) is 48.1 cm³/mol. The number of thiol groups is 1. The van der Waals surface area contributed by atoms with Gasteiger partial charge in [0.05, 0.1) is 0 Å². The van der Waals surface area contributed by atoms with Crippen LogP contribution in [0.4, 0.5) is 0 Å². The Kier molecular flexibility index (Phi) is 5.54. The third kappa shape index (κ3) is 3.10. The molecule has 0 aromatic rings. The van der Waals surface area contributed by atoms with E-state index in [1.165, 1.54) is 0 Å². The molecule has 1 rings (SSSR count). The standard InChI is InChI=1S/C6H13NOS.ClH/c1-7-5-2-3-8-6(9)4-5;/h5-7,9H,2-4H2,1H3;1H. The second-order valence-electron chi connectivity index (χ2n) is 2.34. The topological polar surface area (TPSA) is 21.3 Å². The van der Waals surface area contributed by atoms with Crippen LogP contribution in [0.15, 0.2) is 0 Å². The molecule has 0 radical (unpaired) electrons. The molecular weight excluding hydrogens is 170 g/mol. The summed E-state index contributed by atoms with van der Waals surface area (Å²) in [5, 5.41) is 3.21. The average molecular weight is 184 g/mol. The highest BCUT2D eigenvalue weighted by Crippen LogP contribution is 2.15. The molecule has 1 aliphatic heterocycles. The molecule has 0 aromatic carbocycles. The zero-order valence-electron chi connectivity index (χ0n) is 6.04. The Labute approximate surface area is 73.5 Å². The fourth-order valence-corrected chi connectivity index (χ4v) is 1.40. The van der Waals surface area contributed by atoms with E-state index in [-0.39, 0.29) is 17.8 Å². The van der Waals surface area contributed by atoms with Crippen LogP contribution in [-0.2, 0) is 4.74 Å². The number of rotatable bonds is 1. The fourth-order valence-electron chi connectivity index (χ4n) is 1.04. The molecule has 1 saturated heterocycles. The van der Waals surface area contributed by atoms with Crippen LogP contribution in [0.1, 0.15) is 12.8 Å². The molecule has 0 aliphatic carbocycles. The molecule has 0 aromatic heterocycles. The molecule has 1 N–H and O–H groups in total. The molecule has 0 bridgehead atoms. The second kappa shape index (κ2) is 5.24. The molecule has 2 atom stereocenters. The van der Waals surface area contributed by atoms with E-state index in [4.69, 9.17) is 4.74 Å². The first-order valence-electron chi connectivity index (χ1n) is 3.30. The highest BCUT2D eigenvalue weighted by molar-refractivity contribution is 7.80. The lowest BCUT2D eigenvalue weighted by atomic mass is 10.1. The number of hydrogen-bond donors (Lipinski definition) is 2. The minimum absolute atomic E-state index is 0. The Balaban J connectivity index is 0.000000810. The highest BCUT2D eigenvalue weighted by atomic mass is 35.5. The lowest BCUT2D eigenvalue weighted by Crippen LogP contribution is -2.34. The van der Waals surface area contributed by atoms with E-state index in [2.05, 4.69) is 17.9 Å². The van der Waals surface area contributed by atoms with Crippen molar-refractivity contribution in [1.29, 1.82) is 0 Å². The van der Waals surface area contributed by atoms with Gasteiger partial charge in [0.2, 0.25) is 0 Å². The number of halogens is 1. The van der Waals surface area contributed by atoms with Gasteiger partial charge in [0.25, 0.3) is 0 Å². The van der Waals surface area contributed by atoms with Crippen LogP contribution in [0, 0.1) is 0 Å². The molecular formula is C6H14ClNOS. The third-order valence-corrected chi connectivity index (χ3v) is 2.03. The number of nitrogens with one attached hydrogen (secondary N) is 1. The summed E-state index contributed by atoms with van der Waals surface area (Å²) in [5.41, 5.74) is 0.149. The highest BCUT2D eigenvalue weighted by Gasteiger charge is 2.17. The van der Waals surface area contributed by atoms with Crippen LogP contribution in [0.3, 0.4) is 0 Å². The summed E-state index contributed by atoms with van der Waals surface area (Å²) >= 11 is 4.21. The van der Waals surface area contributed by atoms with Gasteiger partial charge in [0.1, 0.15) is 5.44 Å². The molecule has 2 nitrogen and oxygen atoms in total. The van der Waals surface area contributed by atoms with Crippen molar-refractivity contribution >= 4 is 25.0 Å². The van der Waals surface area contributed by atoms with Gasteiger partial charge < -0.3 is 10.1 Å². The van der Waals surface area contributed by atoms with Crippen LogP contribution in [0.25, 0.3) is 0 Å². The van der Waals surface area contributed by atoms with Gasteiger partial charge in [0.15, 0.2) is 0 Å². The summed E-state index contributed by atoms with van der Waals surface area (Å²) < 4.78 is 5.23. The molecule has 1 fully saturated rings. The lowest BCUT2D eigenvalue weighted by molar-refractivity contribution is 0.0582. The molecule has 10 heavy (non-hydrogen) atoms. The maximum atomic E-state index is 5.23. The van der Waals surface area contributed by atoms with Crippen molar-refractivity contribution in [2.75, 3.05) is 13.7 Å². The minimum Gasteiger partial charge on any atom is -0.368 e. The predicted octanol–water partition coefficient (Wildman–Crippen LogP) is 1.06. The first-order chi connectivity index (χ1) is 4.33. The summed E-state index contributed by atoms with van der Waals surface area (Å²) in [4.78, 5) is 0. The normalized spacial score (nSPS) is 33.0. The van der Waals surface area contributed by atoms with Crippen molar-refractivity contribution in [1.82, 2.24) is 5.32 Å². The first-order valence-corrected chi connectivity index (χ1v) is 3.81. The van der Waals surface area contributed by atoms with Crippen LogP contribution >= 0.6 is 25.0 Å². The summed E-state index contributed by atoms with van der Waals surface area (Å²) in [6, 6.07) is 0.612. The molecule has 2 unspecified atom stereocenters. The second-order valence-corrected chi connectivity index (χ2v) is 2.91. The van der Waals surface area contributed by atoms with Crippen molar-refractivity contribution in [3.8, 4) is 0 Å². The van der Waals surface area contributed by atoms with Gasteiger partial charge in [-0.1, -0.05) is 0 Å². The number of ether oxygens (including phenoxy) is 1. The van der Waals surface area contributed by atoms with Crippen LogP contribution in [-0.4, -0.2) is 25.1 Å². The quantitative estimate of drug-likeness (QED) is 0.594. The Morgan fingerprint density at radius 3 is 2.70 bits per heavy atom. The SMILES string of the molecule is CNC1CCOC(S)C1.Cl. The van der Waals surface area contributed by atoms with Gasteiger partial charge >= 0.3 is 0 Å². The van der Waals surface area contributed by atoms with E-state index in [1.54, 1.807) is 0 Å². The minimum atomic E-state index is 0. The van der Waals surface area contributed by atoms with Gasteiger partial charge in [-0.05, 0) is 19.9 Å². The summed E-state index contributed by atoms with van der Waals surface area (Å²) in [7, 11) is 1.98. The lowest BCUT2D eigenvalue weighted by Gasteiger charge is -2.25. The van der Waals surface area contributed by atoms with Gasteiger partial charge in [0, 0.05) is 12.6 Å². The summed E-state index contributed by atoms with van der Waals surface area (Å²) in [6.07, 6.45) is 2.15. The van der Waals surface area contributed by atoms with Crippen LogP contribution < -0.4 is 5.32 Å².